The number of ether oxygens (including phenoxy) is 1. The quantitative estimate of drug-likeness (QED) is 0.203. The molecule has 1 atom stereocenters. The molecule has 8 heteroatoms. The molecule has 1 aromatic heterocycles. The molecule has 1 unspecified atom stereocenters. The SMILES string of the molecule is CCNC(=NCc1ccnc(N2CCOC(C)C2)c1)NCCCN(C(C)C)C(C)C.I. The zero-order chi connectivity index (χ0) is 21.9. The highest BCUT2D eigenvalue weighted by Gasteiger charge is 2.18. The lowest BCUT2D eigenvalue weighted by atomic mass is 10.2. The Kier molecular flexibility index (Phi) is 13.4. The van der Waals surface area contributed by atoms with Gasteiger partial charge in [0, 0.05) is 51.0 Å². The summed E-state index contributed by atoms with van der Waals surface area (Å²) in [5.74, 6) is 1.88. The first kappa shape index (κ1) is 27.9. The van der Waals surface area contributed by atoms with Gasteiger partial charge in [-0.3, -0.25) is 4.90 Å². The standard InChI is InChI=1S/C23H42N6O.HI/c1-7-24-23(26-10-8-12-29(18(2)3)19(4)5)27-16-21-9-11-25-22(15-21)28-13-14-30-20(6)17-28;/h9,11,15,18-20H,7-8,10,12-14,16-17H2,1-6H3,(H2,24,26,27);1H. The van der Waals surface area contributed by atoms with Crippen molar-refractivity contribution in [1.29, 1.82) is 0 Å². The summed E-state index contributed by atoms with van der Waals surface area (Å²) >= 11 is 0. The largest absolute Gasteiger partial charge is 0.375 e. The van der Waals surface area contributed by atoms with Gasteiger partial charge in [0.05, 0.1) is 19.3 Å². The molecule has 1 fully saturated rings. The highest BCUT2D eigenvalue weighted by atomic mass is 127. The van der Waals surface area contributed by atoms with Crippen LogP contribution in [0.15, 0.2) is 23.3 Å². The second-order valence-corrected chi connectivity index (χ2v) is 8.55. The summed E-state index contributed by atoms with van der Waals surface area (Å²) in [6, 6.07) is 5.34. The molecule has 31 heavy (non-hydrogen) atoms. The average Bonchev–Trinajstić information content (AvgIpc) is 2.71. The Bertz CT molecular complexity index is 647. The molecular weight excluding hydrogens is 503 g/mol. The van der Waals surface area contributed by atoms with Crippen molar-refractivity contribution in [2.75, 3.05) is 44.2 Å². The van der Waals surface area contributed by atoms with E-state index in [9.17, 15) is 0 Å². The summed E-state index contributed by atoms with van der Waals surface area (Å²) in [6.07, 6.45) is 3.22. The van der Waals surface area contributed by atoms with E-state index < -0.39 is 0 Å². The zero-order valence-electron chi connectivity index (χ0n) is 20.2. The zero-order valence-corrected chi connectivity index (χ0v) is 22.6. The van der Waals surface area contributed by atoms with Crippen molar-refractivity contribution < 1.29 is 4.74 Å². The van der Waals surface area contributed by atoms with Crippen LogP contribution in [0.1, 0.15) is 53.5 Å². The number of anilines is 1. The third-order valence-electron chi connectivity index (χ3n) is 5.35. The highest BCUT2D eigenvalue weighted by molar-refractivity contribution is 14.0. The van der Waals surface area contributed by atoms with Gasteiger partial charge < -0.3 is 20.3 Å². The van der Waals surface area contributed by atoms with Gasteiger partial charge in [0.2, 0.25) is 0 Å². The van der Waals surface area contributed by atoms with Gasteiger partial charge >= 0.3 is 0 Å². The Labute approximate surface area is 206 Å². The van der Waals surface area contributed by atoms with Crippen molar-refractivity contribution in [1.82, 2.24) is 20.5 Å². The maximum absolute atomic E-state index is 5.64. The normalized spacial score (nSPS) is 17.3. The topological polar surface area (TPSA) is 65.0 Å². The summed E-state index contributed by atoms with van der Waals surface area (Å²) in [7, 11) is 0. The number of hydrogen-bond acceptors (Lipinski definition) is 5. The number of morpholine rings is 1. The number of hydrogen-bond donors (Lipinski definition) is 2. The van der Waals surface area contributed by atoms with Crippen molar-refractivity contribution in [3.8, 4) is 0 Å². The Balaban J connectivity index is 0.00000480. The molecule has 0 radical (unpaired) electrons. The molecule has 2 N–H and O–H groups in total. The van der Waals surface area contributed by atoms with E-state index in [0.29, 0.717) is 18.6 Å². The molecule has 2 heterocycles. The molecule has 1 aliphatic heterocycles. The third-order valence-corrected chi connectivity index (χ3v) is 5.35. The molecule has 0 spiro atoms. The summed E-state index contributed by atoms with van der Waals surface area (Å²) in [4.78, 5) is 14.2. The van der Waals surface area contributed by atoms with Crippen LogP contribution in [0.3, 0.4) is 0 Å². The number of rotatable bonds is 10. The number of halogens is 1. The summed E-state index contributed by atoms with van der Waals surface area (Å²) in [5, 5.41) is 6.83. The fourth-order valence-electron chi connectivity index (χ4n) is 3.85. The van der Waals surface area contributed by atoms with Crippen LogP contribution in [0.5, 0.6) is 0 Å². The minimum atomic E-state index is 0. The first-order valence-corrected chi connectivity index (χ1v) is 11.5. The van der Waals surface area contributed by atoms with Gasteiger partial charge in [0.1, 0.15) is 5.82 Å². The van der Waals surface area contributed by atoms with E-state index in [1.165, 1.54) is 5.56 Å². The monoisotopic (exact) mass is 546 g/mol. The summed E-state index contributed by atoms with van der Waals surface area (Å²) in [6.45, 7) is 19.3. The fourth-order valence-corrected chi connectivity index (χ4v) is 3.85. The molecule has 0 saturated carbocycles. The van der Waals surface area contributed by atoms with Gasteiger partial charge in [-0.15, -0.1) is 24.0 Å². The van der Waals surface area contributed by atoms with E-state index in [4.69, 9.17) is 9.73 Å². The molecule has 0 bridgehead atoms. The Hall–Kier alpha value is -1.13. The number of aromatic nitrogens is 1. The lowest BCUT2D eigenvalue weighted by Gasteiger charge is -2.32. The first-order valence-electron chi connectivity index (χ1n) is 11.5. The predicted octanol–water partition coefficient (Wildman–Crippen LogP) is 3.49. The molecule has 1 saturated heterocycles. The van der Waals surface area contributed by atoms with E-state index in [-0.39, 0.29) is 30.1 Å². The fraction of sp³-hybridized carbons (Fsp3) is 0.739. The minimum Gasteiger partial charge on any atom is -0.375 e. The van der Waals surface area contributed by atoms with Crippen LogP contribution in [0.4, 0.5) is 5.82 Å². The first-order chi connectivity index (χ1) is 14.4. The summed E-state index contributed by atoms with van der Waals surface area (Å²) in [5.41, 5.74) is 1.17. The van der Waals surface area contributed by atoms with Crippen molar-refractivity contribution >= 4 is 35.8 Å². The van der Waals surface area contributed by atoms with Gasteiger partial charge in [-0.2, -0.15) is 0 Å². The third kappa shape index (κ3) is 9.91. The lowest BCUT2D eigenvalue weighted by Crippen LogP contribution is -2.41. The predicted molar refractivity (Wildman–Crippen MR) is 142 cm³/mol. The maximum atomic E-state index is 5.64. The lowest BCUT2D eigenvalue weighted by molar-refractivity contribution is 0.0529. The molecule has 1 aromatic rings. The van der Waals surface area contributed by atoms with Gasteiger partial charge in [-0.05, 0) is 65.7 Å². The second-order valence-electron chi connectivity index (χ2n) is 8.55. The van der Waals surface area contributed by atoms with Gasteiger partial charge in [0.15, 0.2) is 5.96 Å². The average molecular weight is 547 g/mol. The summed E-state index contributed by atoms with van der Waals surface area (Å²) < 4.78 is 5.64. The van der Waals surface area contributed by atoms with E-state index in [0.717, 1.165) is 57.5 Å². The number of aliphatic imine (C=N–C) groups is 1. The van der Waals surface area contributed by atoms with Crippen LogP contribution in [0, 0.1) is 0 Å². The van der Waals surface area contributed by atoms with E-state index in [1.54, 1.807) is 0 Å². The van der Waals surface area contributed by atoms with E-state index in [1.807, 2.05) is 12.3 Å². The highest BCUT2D eigenvalue weighted by Crippen LogP contribution is 2.17. The van der Waals surface area contributed by atoms with Crippen LogP contribution in [0.25, 0.3) is 0 Å². The molecular formula is C23H43IN6O. The molecule has 178 valence electrons. The molecule has 1 aliphatic rings. The second kappa shape index (κ2) is 14.8. The Morgan fingerprint density at radius 3 is 2.68 bits per heavy atom. The van der Waals surface area contributed by atoms with Crippen LogP contribution >= 0.6 is 24.0 Å². The minimum absolute atomic E-state index is 0. The van der Waals surface area contributed by atoms with Gasteiger partial charge in [0.25, 0.3) is 0 Å². The van der Waals surface area contributed by atoms with Crippen molar-refractivity contribution in [3.63, 3.8) is 0 Å². The molecule has 7 nitrogen and oxygen atoms in total. The van der Waals surface area contributed by atoms with E-state index in [2.05, 4.69) is 73.0 Å². The molecule has 2 rings (SSSR count). The smallest absolute Gasteiger partial charge is 0.191 e. The van der Waals surface area contributed by atoms with Crippen molar-refractivity contribution in [3.05, 3.63) is 23.9 Å². The Morgan fingerprint density at radius 1 is 1.29 bits per heavy atom. The van der Waals surface area contributed by atoms with Crippen LogP contribution in [0.2, 0.25) is 0 Å². The number of nitrogens with zero attached hydrogens (tertiary/aromatic N) is 4. The van der Waals surface area contributed by atoms with Crippen LogP contribution < -0.4 is 15.5 Å². The van der Waals surface area contributed by atoms with Crippen LogP contribution in [-0.2, 0) is 11.3 Å². The van der Waals surface area contributed by atoms with Gasteiger partial charge in [-0.25, -0.2) is 9.98 Å². The molecule has 0 aromatic carbocycles. The van der Waals surface area contributed by atoms with Crippen molar-refractivity contribution in [2.45, 2.75) is 72.7 Å². The maximum Gasteiger partial charge on any atom is 0.191 e. The van der Waals surface area contributed by atoms with Crippen molar-refractivity contribution in [2.24, 2.45) is 4.99 Å². The number of nitrogens with one attached hydrogen (secondary N) is 2. The Morgan fingerprint density at radius 2 is 2.03 bits per heavy atom. The van der Waals surface area contributed by atoms with Gasteiger partial charge in [-0.1, -0.05) is 0 Å². The molecule has 0 aliphatic carbocycles. The number of guanidine groups is 1. The number of pyridine rings is 1. The molecule has 0 amide bonds. The van der Waals surface area contributed by atoms with Crippen LogP contribution in [-0.4, -0.2) is 73.4 Å². The van der Waals surface area contributed by atoms with E-state index >= 15 is 0 Å².